The van der Waals surface area contributed by atoms with Gasteiger partial charge in [0, 0.05) is 26.2 Å². The highest BCUT2D eigenvalue weighted by Crippen LogP contribution is 2.23. The number of aryl methyl sites for hydroxylation is 1. The summed E-state index contributed by atoms with van der Waals surface area (Å²) in [6.45, 7) is 3.90. The van der Waals surface area contributed by atoms with Crippen LogP contribution in [0.4, 0.5) is 4.79 Å². The maximum Gasteiger partial charge on any atom is 0.407 e. The number of piperazine rings is 1. The summed E-state index contributed by atoms with van der Waals surface area (Å²) in [7, 11) is 1.68. The molecule has 1 saturated heterocycles. The molecule has 0 bridgehead atoms. The first-order valence-electron chi connectivity index (χ1n) is 9.09. The molecule has 1 heterocycles. The van der Waals surface area contributed by atoms with Crippen molar-refractivity contribution in [1.82, 2.24) is 9.80 Å². The lowest BCUT2D eigenvalue weighted by Crippen LogP contribution is -2.48. The third-order valence-electron chi connectivity index (χ3n) is 4.93. The molecule has 1 aliphatic rings. The molecule has 0 saturated carbocycles. The van der Waals surface area contributed by atoms with E-state index in [0.29, 0.717) is 13.1 Å². The van der Waals surface area contributed by atoms with Gasteiger partial charge in [0.05, 0.1) is 7.11 Å². The first kappa shape index (κ1) is 18.3. The first-order chi connectivity index (χ1) is 12.7. The molecule has 2 aromatic carbocycles. The molecule has 5 nitrogen and oxygen atoms in total. The van der Waals surface area contributed by atoms with Crippen molar-refractivity contribution in [2.45, 2.75) is 12.8 Å². The Labute approximate surface area is 154 Å². The molecule has 138 valence electrons. The van der Waals surface area contributed by atoms with Gasteiger partial charge in [0.15, 0.2) is 0 Å². The van der Waals surface area contributed by atoms with Crippen LogP contribution in [0, 0.1) is 0 Å². The summed E-state index contributed by atoms with van der Waals surface area (Å²) < 4.78 is 5.22. The number of methoxy groups -OCH3 is 1. The van der Waals surface area contributed by atoms with Crippen LogP contribution in [0.25, 0.3) is 11.1 Å². The van der Waals surface area contributed by atoms with Crippen molar-refractivity contribution in [1.29, 1.82) is 0 Å². The highest BCUT2D eigenvalue weighted by atomic mass is 16.5. The van der Waals surface area contributed by atoms with Gasteiger partial charge in [0.25, 0.3) is 0 Å². The molecule has 0 atom stereocenters. The van der Waals surface area contributed by atoms with Crippen LogP contribution in [0.5, 0.6) is 5.75 Å². The number of benzene rings is 2. The largest absolute Gasteiger partial charge is 0.497 e. The molecule has 2 aromatic rings. The minimum atomic E-state index is -0.806. The molecule has 0 radical (unpaired) electrons. The molecule has 1 fully saturated rings. The molecular formula is C21H26N2O3. The molecule has 0 spiro atoms. The normalized spacial score (nSPS) is 15.0. The molecule has 3 rings (SSSR count). The van der Waals surface area contributed by atoms with Crippen molar-refractivity contribution in [2.24, 2.45) is 0 Å². The van der Waals surface area contributed by atoms with Crippen LogP contribution in [0.15, 0.2) is 48.5 Å². The molecule has 0 aromatic heterocycles. The van der Waals surface area contributed by atoms with Crippen LogP contribution in [-0.4, -0.2) is 60.8 Å². The van der Waals surface area contributed by atoms with Crippen molar-refractivity contribution in [3.05, 3.63) is 54.1 Å². The summed E-state index contributed by atoms with van der Waals surface area (Å²) in [5.74, 6) is 0.868. The van der Waals surface area contributed by atoms with Gasteiger partial charge in [0.1, 0.15) is 5.75 Å². The summed E-state index contributed by atoms with van der Waals surface area (Å²) >= 11 is 0. The van der Waals surface area contributed by atoms with Crippen LogP contribution in [-0.2, 0) is 6.42 Å². The van der Waals surface area contributed by atoms with E-state index in [1.54, 1.807) is 7.11 Å². The molecule has 0 unspecified atom stereocenters. The highest BCUT2D eigenvalue weighted by Gasteiger charge is 2.19. The van der Waals surface area contributed by atoms with Crippen molar-refractivity contribution in [2.75, 3.05) is 39.8 Å². The Balaban J connectivity index is 1.50. The topological polar surface area (TPSA) is 53.0 Å². The third-order valence-corrected chi connectivity index (χ3v) is 4.93. The van der Waals surface area contributed by atoms with Crippen molar-refractivity contribution in [3.63, 3.8) is 0 Å². The van der Waals surface area contributed by atoms with Gasteiger partial charge in [-0.2, -0.15) is 0 Å². The molecular weight excluding hydrogens is 328 g/mol. The number of ether oxygens (including phenoxy) is 1. The van der Waals surface area contributed by atoms with Gasteiger partial charge >= 0.3 is 6.09 Å². The van der Waals surface area contributed by atoms with E-state index >= 15 is 0 Å². The minimum absolute atomic E-state index is 0.613. The summed E-state index contributed by atoms with van der Waals surface area (Å²) in [4.78, 5) is 14.8. The standard InChI is InChI=1S/C21H26N2O3/c1-26-20-9-7-18(8-10-20)19-6-2-4-17(16-19)5-3-11-22-12-14-23(15-13-22)21(24)25/h2,4,6-10,16H,3,5,11-15H2,1H3,(H,24,25). The zero-order valence-electron chi connectivity index (χ0n) is 15.2. The van der Waals surface area contributed by atoms with Crippen LogP contribution < -0.4 is 4.74 Å². The monoisotopic (exact) mass is 354 g/mol. The van der Waals surface area contributed by atoms with E-state index in [1.165, 1.54) is 21.6 Å². The minimum Gasteiger partial charge on any atom is -0.497 e. The quantitative estimate of drug-likeness (QED) is 0.861. The predicted molar refractivity (Wildman–Crippen MR) is 103 cm³/mol. The van der Waals surface area contributed by atoms with Crippen LogP contribution in [0.3, 0.4) is 0 Å². The maximum atomic E-state index is 10.9. The third kappa shape index (κ3) is 4.76. The number of hydrogen-bond donors (Lipinski definition) is 1. The number of nitrogens with zero attached hydrogens (tertiary/aromatic N) is 2. The Bertz CT molecular complexity index is 722. The fraction of sp³-hybridized carbons (Fsp3) is 0.381. The zero-order valence-corrected chi connectivity index (χ0v) is 15.2. The van der Waals surface area contributed by atoms with Gasteiger partial charge in [-0.25, -0.2) is 4.79 Å². The molecule has 0 aliphatic carbocycles. The lowest BCUT2D eigenvalue weighted by Gasteiger charge is -2.33. The predicted octanol–water partition coefficient (Wildman–Crippen LogP) is 3.59. The molecule has 1 aliphatic heterocycles. The van der Waals surface area contributed by atoms with Crippen molar-refractivity contribution < 1.29 is 14.6 Å². The molecule has 1 amide bonds. The summed E-state index contributed by atoms with van der Waals surface area (Å²) in [5, 5.41) is 9.00. The summed E-state index contributed by atoms with van der Waals surface area (Å²) in [5.41, 5.74) is 3.75. The van der Waals surface area contributed by atoms with E-state index in [2.05, 4.69) is 41.3 Å². The lowest BCUT2D eigenvalue weighted by atomic mass is 10.0. The lowest BCUT2D eigenvalue weighted by molar-refractivity contribution is 0.105. The van der Waals surface area contributed by atoms with E-state index in [9.17, 15) is 4.79 Å². The number of carboxylic acid groups (broad SMARTS) is 1. The van der Waals surface area contributed by atoms with Gasteiger partial charge in [-0.1, -0.05) is 36.4 Å². The van der Waals surface area contributed by atoms with Gasteiger partial charge in [-0.15, -0.1) is 0 Å². The number of hydrogen-bond acceptors (Lipinski definition) is 3. The average Bonchev–Trinajstić information content (AvgIpc) is 2.69. The zero-order chi connectivity index (χ0) is 18.4. The Kier molecular flexibility index (Phi) is 6.12. The van der Waals surface area contributed by atoms with Gasteiger partial charge < -0.3 is 14.7 Å². The molecule has 1 N–H and O–H groups in total. The Morgan fingerprint density at radius 3 is 2.42 bits per heavy atom. The fourth-order valence-corrected chi connectivity index (χ4v) is 3.36. The number of carbonyl (C=O) groups is 1. The fourth-order valence-electron chi connectivity index (χ4n) is 3.36. The van der Waals surface area contributed by atoms with E-state index < -0.39 is 6.09 Å². The Morgan fingerprint density at radius 1 is 1.04 bits per heavy atom. The van der Waals surface area contributed by atoms with Crippen LogP contribution in [0.1, 0.15) is 12.0 Å². The van der Waals surface area contributed by atoms with Crippen LogP contribution >= 0.6 is 0 Å². The average molecular weight is 354 g/mol. The SMILES string of the molecule is COc1ccc(-c2cccc(CCCN3CCN(C(=O)O)CC3)c2)cc1. The Morgan fingerprint density at radius 2 is 1.77 bits per heavy atom. The van der Waals surface area contributed by atoms with E-state index in [-0.39, 0.29) is 0 Å². The first-order valence-corrected chi connectivity index (χ1v) is 9.09. The second kappa shape index (κ2) is 8.72. The van der Waals surface area contributed by atoms with E-state index in [1.807, 2.05) is 12.1 Å². The van der Waals surface area contributed by atoms with Gasteiger partial charge in [-0.05, 0) is 48.2 Å². The van der Waals surface area contributed by atoms with Gasteiger partial charge in [-0.3, -0.25) is 4.90 Å². The van der Waals surface area contributed by atoms with Crippen molar-refractivity contribution >= 4 is 6.09 Å². The molecule has 26 heavy (non-hydrogen) atoms. The number of rotatable bonds is 6. The van der Waals surface area contributed by atoms with E-state index in [0.717, 1.165) is 38.2 Å². The smallest absolute Gasteiger partial charge is 0.407 e. The maximum absolute atomic E-state index is 10.9. The van der Waals surface area contributed by atoms with Gasteiger partial charge in [0.2, 0.25) is 0 Å². The van der Waals surface area contributed by atoms with Crippen LogP contribution in [0.2, 0.25) is 0 Å². The molecule has 5 heteroatoms. The summed E-state index contributed by atoms with van der Waals surface area (Å²) in [6.07, 6.45) is 1.31. The number of amides is 1. The second-order valence-corrected chi connectivity index (χ2v) is 6.64. The Hall–Kier alpha value is -2.53. The van der Waals surface area contributed by atoms with E-state index in [4.69, 9.17) is 9.84 Å². The highest BCUT2D eigenvalue weighted by molar-refractivity contribution is 5.65. The summed E-state index contributed by atoms with van der Waals surface area (Å²) in [6, 6.07) is 16.8. The second-order valence-electron chi connectivity index (χ2n) is 6.64. The van der Waals surface area contributed by atoms with Crippen molar-refractivity contribution in [3.8, 4) is 16.9 Å².